The molecule has 1 unspecified atom stereocenters. The molecule has 1 aromatic heterocycles. The highest BCUT2D eigenvalue weighted by Gasteiger charge is 2.12. The molecule has 0 aliphatic rings. The number of aliphatic hydroxyl groups is 1. The van der Waals surface area contributed by atoms with E-state index in [0.717, 1.165) is 5.56 Å². The Bertz CT molecular complexity index is 425. The normalized spacial score (nSPS) is 12.7. The van der Waals surface area contributed by atoms with Crippen LogP contribution in [0.5, 0.6) is 0 Å². The fourth-order valence-corrected chi connectivity index (χ4v) is 2.17. The fourth-order valence-electron chi connectivity index (χ4n) is 1.49. The lowest BCUT2D eigenvalue weighted by Crippen LogP contribution is -2.03. The molecule has 0 aliphatic heterocycles. The van der Waals surface area contributed by atoms with E-state index in [1.807, 2.05) is 16.8 Å². The molecule has 78 valence electrons. The van der Waals surface area contributed by atoms with Crippen molar-refractivity contribution in [2.24, 2.45) is 0 Å². The van der Waals surface area contributed by atoms with Gasteiger partial charge < -0.3 is 5.11 Å². The Labute approximate surface area is 91.8 Å². The van der Waals surface area contributed by atoms with Crippen LogP contribution in [0.4, 0.5) is 4.39 Å². The van der Waals surface area contributed by atoms with E-state index < -0.39 is 6.10 Å². The molecule has 0 spiro atoms. The van der Waals surface area contributed by atoms with E-state index in [9.17, 15) is 9.50 Å². The maximum absolute atomic E-state index is 13.3. The average Bonchev–Trinajstić information content (AvgIpc) is 2.71. The van der Waals surface area contributed by atoms with E-state index in [2.05, 4.69) is 0 Å². The highest BCUT2D eigenvalue weighted by Crippen LogP contribution is 2.21. The molecule has 2 rings (SSSR count). The van der Waals surface area contributed by atoms with Gasteiger partial charge in [-0.1, -0.05) is 18.2 Å². The summed E-state index contributed by atoms with van der Waals surface area (Å²) in [7, 11) is 0. The average molecular weight is 222 g/mol. The second kappa shape index (κ2) is 4.55. The van der Waals surface area contributed by atoms with E-state index in [4.69, 9.17) is 0 Å². The van der Waals surface area contributed by atoms with Crippen LogP contribution in [0.15, 0.2) is 41.1 Å². The lowest BCUT2D eigenvalue weighted by Gasteiger charge is -2.10. The van der Waals surface area contributed by atoms with Crippen LogP contribution in [0.2, 0.25) is 0 Å². The number of thiophene rings is 1. The molecular weight excluding hydrogens is 211 g/mol. The number of hydrogen-bond donors (Lipinski definition) is 1. The van der Waals surface area contributed by atoms with E-state index in [-0.39, 0.29) is 5.82 Å². The van der Waals surface area contributed by atoms with Gasteiger partial charge in [0, 0.05) is 12.0 Å². The van der Waals surface area contributed by atoms with Crippen molar-refractivity contribution < 1.29 is 9.50 Å². The van der Waals surface area contributed by atoms with E-state index in [0.29, 0.717) is 12.0 Å². The summed E-state index contributed by atoms with van der Waals surface area (Å²) in [5.74, 6) is -0.347. The zero-order chi connectivity index (χ0) is 10.7. The Kier molecular flexibility index (Phi) is 3.14. The van der Waals surface area contributed by atoms with Crippen molar-refractivity contribution >= 4 is 11.3 Å². The molecule has 2 aromatic rings. The van der Waals surface area contributed by atoms with Gasteiger partial charge >= 0.3 is 0 Å². The molecule has 1 heterocycles. The van der Waals surface area contributed by atoms with Crippen molar-refractivity contribution in [3.8, 4) is 0 Å². The van der Waals surface area contributed by atoms with Gasteiger partial charge in [0.15, 0.2) is 0 Å². The van der Waals surface area contributed by atoms with Gasteiger partial charge in [0.25, 0.3) is 0 Å². The summed E-state index contributed by atoms with van der Waals surface area (Å²) in [5, 5.41) is 13.7. The maximum Gasteiger partial charge on any atom is 0.129 e. The number of rotatable bonds is 3. The first-order valence-corrected chi connectivity index (χ1v) is 5.65. The largest absolute Gasteiger partial charge is 0.388 e. The summed E-state index contributed by atoms with van der Waals surface area (Å²) in [4.78, 5) is 0. The van der Waals surface area contributed by atoms with Gasteiger partial charge in [0.2, 0.25) is 0 Å². The number of benzene rings is 1. The third-order valence-corrected chi connectivity index (χ3v) is 3.01. The molecule has 0 aliphatic carbocycles. The summed E-state index contributed by atoms with van der Waals surface area (Å²) < 4.78 is 13.3. The Morgan fingerprint density at radius 2 is 2.07 bits per heavy atom. The van der Waals surface area contributed by atoms with Gasteiger partial charge in [-0.3, -0.25) is 0 Å². The number of hydrogen-bond acceptors (Lipinski definition) is 2. The van der Waals surface area contributed by atoms with Crippen molar-refractivity contribution in [1.29, 1.82) is 0 Å². The molecule has 0 saturated heterocycles. The second-order valence-corrected chi connectivity index (χ2v) is 4.15. The quantitative estimate of drug-likeness (QED) is 0.845. The molecule has 3 heteroatoms. The molecular formula is C12H11FOS. The van der Waals surface area contributed by atoms with Gasteiger partial charge in [-0.15, -0.1) is 0 Å². The molecule has 1 atom stereocenters. The van der Waals surface area contributed by atoms with Crippen LogP contribution in [0.25, 0.3) is 0 Å². The maximum atomic E-state index is 13.3. The molecule has 0 radical (unpaired) electrons. The molecule has 0 saturated carbocycles. The summed E-state index contributed by atoms with van der Waals surface area (Å²) >= 11 is 1.58. The van der Waals surface area contributed by atoms with Crippen LogP contribution in [0, 0.1) is 5.82 Å². The van der Waals surface area contributed by atoms with Gasteiger partial charge in [0.05, 0.1) is 6.10 Å². The molecule has 0 amide bonds. The van der Waals surface area contributed by atoms with E-state index in [1.165, 1.54) is 6.07 Å². The summed E-state index contributed by atoms with van der Waals surface area (Å²) in [5.41, 5.74) is 1.40. The predicted octanol–water partition coefficient (Wildman–Crippen LogP) is 3.16. The lowest BCUT2D eigenvalue weighted by molar-refractivity contribution is 0.174. The molecule has 1 N–H and O–H groups in total. The SMILES string of the molecule is OC(Cc1ccsc1)c1ccccc1F. The molecule has 0 bridgehead atoms. The zero-order valence-electron chi connectivity index (χ0n) is 8.06. The second-order valence-electron chi connectivity index (χ2n) is 3.37. The van der Waals surface area contributed by atoms with Crippen molar-refractivity contribution in [3.05, 3.63) is 58.0 Å². The molecule has 1 aromatic carbocycles. The summed E-state index contributed by atoms with van der Waals surface area (Å²) in [6.07, 6.45) is -0.300. The summed E-state index contributed by atoms with van der Waals surface area (Å²) in [6, 6.07) is 8.28. The van der Waals surface area contributed by atoms with Crippen LogP contribution >= 0.6 is 11.3 Å². The van der Waals surface area contributed by atoms with Crippen LogP contribution in [0.1, 0.15) is 17.2 Å². The topological polar surface area (TPSA) is 20.2 Å². The van der Waals surface area contributed by atoms with Crippen molar-refractivity contribution in [2.75, 3.05) is 0 Å². The van der Waals surface area contributed by atoms with Gasteiger partial charge in [-0.25, -0.2) is 4.39 Å². The summed E-state index contributed by atoms with van der Waals surface area (Å²) in [6.45, 7) is 0. The first kappa shape index (κ1) is 10.3. The number of aliphatic hydroxyl groups excluding tert-OH is 1. The minimum absolute atomic E-state index is 0.347. The monoisotopic (exact) mass is 222 g/mol. The number of halogens is 1. The van der Waals surface area contributed by atoms with Crippen molar-refractivity contribution in [3.63, 3.8) is 0 Å². The predicted molar refractivity (Wildman–Crippen MR) is 59.4 cm³/mol. The Balaban J connectivity index is 2.15. The van der Waals surface area contributed by atoms with Crippen LogP contribution < -0.4 is 0 Å². The first-order chi connectivity index (χ1) is 7.27. The van der Waals surface area contributed by atoms with E-state index in [1.54, 1.807) is 29.5 Å². The highest BCUT2D eigenvalue weighted by molar-refractivity contribution is 7.07. The van der Waals surface area contributed by atoms with Crippen LogP contribution in [-0.4, -0.2) is 5.11 Å². The minimum atomic E-state index is -0.763. The Hall–Kier alpha value is -1.19. The van der Waals surface area contributed by atoms with Crippen molar-refractivity contribution in [2.45, 2.75) is 12.5 Å². The smallest absolute Gasteiger partial charge is 0.129 e. The standard InChI is InChI=1S/C12H11FOS/c13-11-4-2-1-3-10(11)12(14)7-9-5-6-15-8-9/h1-6,8,12,14H,7H2. The van der Waals surface area contributed by atoms with E-state index >= 15 is 0 Å². The fraction of sp³-hybridized carbons (Fsp3) is 0.167. The molecule has 15 heavy (non-hydrogen) atoms. The van der Waals surface area contributed by atoms with Crippen LogP contribution in [-0.2, 0) is 6.42 Å². The molecule has 1 nitrogen and oxygen atoms in total. The van der Waals surface area contributed by atoms with Gasteiger partial charge in [-0.05, 0) is 28.5 Å². The zero-order valence-corrected chi connectivity index (χ0v) is 8.88. The van der Waals surface area contributed by atoms with Gasteiger partial charge in [-0.2, -0.15) is 11.3 Å². The third-order valence-electron chi connectivity index (χ3n) is 2.27. The lowest BCUT2D eigenvalue weighted by atomic mass is 10.0. The van der Waals surface area contributed by atoms with Gasteiger partial charge in [0.1, 0.15) is 5.82 Å². The Morgan fingerprint density at radius 3 is 2.73 bits per heavy atom. The van der Waals surface area contributed by atoms with Crippen LogP contribution in [0.3, 0.4) is 0 Å². The Morgan fingerprint density at radius 1 is 1.27 bits per heavy atom. The third kappa shape index (κ3) is 2.43. The highest BCUT2D eigenvalue weighted by atomic mass is 32.1. The first-order valence-electron chi connectivity index (χ1n) is 4.71. The minimum Gasteiger partial charge on any atom is -0.388 e. The van der Waals surface area contributed by atoms with Crippen molar-refractivity contribution in [1.82, 2.24) is 0 Å². The molecule has 0 fully saturated rings.